The molecule has 3 aliphatic rings. The van der Waals surface area contributed by atoms with Crippen molar-refractivity contribution in [2.24, 2.45) is 5.92 Å². The number of nitrogens with one attached hydrogen (secondary N) is 1. The SMILES string of the molecule is C[C@]1(NS(=O)(=O)c2ccc(CBr)cc2)C=C2C(=O)O[C@@H]3CCC(C1)[C@]23O. The number of benzene rings is 1. The van der Waals surface area contributed by atoms with Crippen molar-refractivity contribution in [3.8, 4) is 0 Å². The topological polar surface area (TPSA) is 92.7 Å². The zero-order valence-electron chi connectivity index (χ0n) is 14.2. The summed E-state index contributed by atoms with van der Waals surface area (Å²) in [4.78, 5) is 12.3. The van der Waals surface area contributed by atoms with Gasteiger partial charge in [0.1, 0.15) is 11.7 Å². The smallest absolute Gasteiger partial charge is 0.337 e. The number of carbonyl (C=O) groups is 1. The first-order chi connectivity index (χ1) is 12.2. The predicted molar refractivity (Wildman–Crippen MR) is 98.1 cm³/mol. The van der Waals surface area contributed by atoms with Crippen LogP contribution in [0, 0.1) is 5.92 Å². The lowest BCUT2D eigenvalue weighted by Gasteiger charge is -2.40. The van der Waals surface area contributed by atoms with Gasteiger partial charge in [0.25, 0.3) is 0 Å². The average molecular weight is 442 g/mol. The Labute approximate surface area is 160 Å². The van der Waals surface area contributed by atoms with Gasteiger partial charge in [-0.15, -0.1) is 0 Å². The van der Waals surface area contributed by atoms with E-state index in [4.69, 9.17) is 4.74 Å². The van der Waals surface area contributed by atoms with Crippen LogP contribution in [0.2, 0.25) is 0 Å². The minimum Gasteiger partial charge on any atom is -0.455 e. The summed E-state index contributed by atoms with van der Waals surface area (Å²) in [5.41, 5.74) is -1.07. The van der Waals surface area contributed by atoms with Crippen LogP contribution >= 0.6 is 15.9 Å². The number of sulfonamides is 1. The standard InChI is InChI=1S/C18H20BrNO5S/c1-17(20-26(23,24)13-5-2-11(10-19)3-6-13)8-12-4-7-15-18(12,22)14(9-17)16(21)25-15/h2-3,5-6,9,12,15,20,22H,4,7-8,10H2,1H3/t12?,15-,17-,18+/m1/s1. The van der Waals surface area contributed by atoms with Crippen LogP contribution in [0.1, 0.15) is 31.7 Å². The fourth-order valence-electron chi connectivity index (χ4n) is 4.47. The van der Waals surface area contributed by atoms with Crippen LogP contribution in [0.3, 0.4) is 0 Å². The van der Waals surface area contributed by atoms with Gasteiger partial charge in [0.15, 0.2) is 0 Å². The molecular weight excluding hydrogens is 422 g/mol. The molecule has 0 spiro atoms. The van der Waals surface area contributed by atoms with E-state index in [9.17, 15) is 18.3 Å². The van der Waals surface area contributed by atoms with Gasteiger partial charge in [-0.25, -0.2) is 17.9 Å². The van der Waals surface area contributed by atoms with Crippen molar-refractivity contribution in [2.75, 3.05) is 0 Å². The number of alkyl halides is 1. The summed E-state index contributed by atoms with van der Waals surface area (Å²) in [5, 5.41) is 11.6. The summed E-state index contributed by atoms with van der Waals surface area (Å²) < 4.78 is 33.7. The molecule has 2 aliphatic carbocycles. The molecule has 2 fully saturated rings. The van der Waals surface area contributed by atoms with Crippen molar-refractivity contribution in [2.45, 2.75) is 53.7 Å². The maximum atomic E-state index is 12.8. The molecule has 1 saturated heterocycles. The molecule has 1 unspecified atom stereocenters. The molecule has 26 heavy (non-hydrogen) atoms. The van der Waals surface area contributed by atoms with E-state index in [0.717, 1.165) is 5.56 Å². The molecule has 0 aromatic heterocycles. The Hall–Kier alpha value is -1.22. The zero-order chi connectivity index (χ0) is 18.7. The summed E-state index contributed by atoms with van der Waals surface area (Å²) in [5.74, 6) is -0.753. The molecule has 140 valence electrons. The van der Waals surface area contributed by atoms with Crippen molar-refractivity contribution in [1.82, 2.24) is 4.72 Å². The van der Waals surface area contributed by atoms with E-state index in [2.05, 4.69) is 20.7 Å². The van der Waals surface area contributed by atoms with Gasteiger partial charge in [0.2, 0.25) is 10.0 Å². The summed E-state index contributed by atoms with van der Waals surface area (Å²) >= 11 is 3.34. The summed E-state index contributed by atoms with van der Waals surface area (Å²) in [6, 6.07) is 6.62. The van der Waals surface area contributed by atoms with Crippen LogP contribution in [-0.2, 0) is 24.9 Å². The number of hydrogen-bond donors (Lipinski definition) is 2. The number of aliphatic hydroxyl groups is 1. The highest BCUT2D eigenvalue weighted by Crippen LogP contribution is 2.53. The van der Waals surface area contributed by atoms with Gasteiger partial charge in [-0.3, -0.25) is 0 Å². The largest absolute Gasteiger partial charge is 0.455 e. The van der Waals surface area contributed by atoms with Crippen LogP contribution in [-0.4, -0.2) is 36.7 Å². The third kappa shape index (κ3) is 2.66. The van der Waals surface area contributed by atoms with Gasteiger partial charge >= 0.3 is 5.97 Å². The molecular formula is C18H20BrNO5S. The molecule has 4 atom stereocenters. The van der Waals surface area contributed by atoms with E-state index >= 15 is 0 Å². The van der Waals surface area contributed by atoms with Crippen molar-refractivity contribution in [3.63, 3.8) is 0 Å². The lowest BCUT2D eigenvalue weighted by atomic mass is 9.71. The van der Waals surface area contributed by atoms with Crippen molar-refractivity contribution < 1.29 is 23.1 Å². The number of rotatable bonds is 4. The second-order valence-electron chi connectivity index (χ2n) is 7.56. The number of carbonyl (C=O) groups excluding carboxylic acids is 1. The third-order valence-electron chi connectivity index (χ3n) is 5.68. The van der Waals surface area contributed by atoms with Crippen LogP contribution in [0.4, 0.5) is 0 Å². The maximum Gasteiger partial charge on any atom is 0.337 e. The highest BCUT2D eigenvalue weighted by Gasteiger charge is 2.64. The number of ether oxygens (including phenoxy) is 1. The van der Waals surface area contributed by atoms with E-state index in [1.807, 2.05) is 0 Å². The van der Waals surface area contributed by atoms with Gasteiger partial charge in [0, 0.05) is 10.9 Å². The Bertz CT molecular complexity index is 897. The Morgan fingerprint density at radius 2 is 2.00 bits per heavy atom. The second-order valence-corrected chi connectivity index (χ2v) is 9.80. The Morgan fingerprint density at radius 1 is 1.31 bits per heavy atom. The summed E-state index contributed by atoms with van der Waals surface area (Å²) in [6.07, 6.45) is 2.74. The Balaban J connectivity index is 1.67. The Morgan fingerprint density at radius 3 is 2.65 bits per heavy atom. The molecule has 0 radical (unpaired) electrons. The van der Waals surface area contributed by atoms with Crippen LogP contribution in [0.15, 0.2) is 40.8 Å². The molecule has 6 nitrogen and oxygen atoms in total. The van der Waals surface area contributed by atoms with Gasteiger partial charge in [-0.05, 0) is 49.8 Å². The fourth-order valence-corrected chi connectivity index (χ4v) is 6.21. The number of hydrogen-bond acceptors (Lipinski definition) is 5. The predicted octanol–water partition coefficient (Wildman–Crippen LogP) is 2.02. The summed E-state index contributed by atoms with van der Waals surface area (Å²) in [6.45, 7) is 1.74. The van der Waals surface area contributed by atoms with Gasteiger partial charge < -0.3 is 9.84 Å². The van der Waals surface area contributed by atoms with Crippen molar-refractivity contribution >= 4 is 31.9 Å². The molecule has 4 rings (SSSR count). The van der Waals surface area contributed by atoms with Crippen LogP contribution < -0.4 is 4.72 Å². The van der Waals surface area contributed by atoms with Crippen molar-refractivity contribution in [1.29, 1.82) is 0 Å². The van der Waals surface area contributed by atoms with Crippen LogP contribution in [0.25, 0.3) is 0 Å². The molecule has 0 amide bonds. The van der Waals surface area contributed by atoms with E-state index in [-0.39, 0.29) is 16.4 Å². The number of esters is 1. The van der Waals surface area contributed by atoms with Gasteiger partial charge in [-0.1, -0.05) is 34.1 Å². The van der Waals surface area contributed by atoms with Gasteiger partial charge in [-0.2, -0.15) is 0 Å². The fraction of sp³-hybridized carbons (Fsp3) is 0.500. The molecule has 2 N–H and O–H groups in total. The molecule has 1 aromatic carbocycles. The minimum atomic E-state index is -3.77. The maximum absolute atomic E-state index is 12.8. The zero-order valence-corrected chi connectivity index (χ0v) is 16.6. The van der Waals surface area contributed by atoms with E-state index in [1.165, 1.54) is 0 Å². The third-order valence-corrected chi connectivity index (χ3v) is 7.96. The molecule has 1 heterocycles. The van der Waals surface area contributed by atoms with Crippen LogP contribution in [0.5, 0.6) is 0 Å². The lowest BCUT2D eigenvalue weighted by molar-refractivity contribution is -0.140. The molecule has 1 saturated carbocycles. The molecule has 8 heteroatoms. The van der Waals surface area contributed by atoms with E-state index in [0.29, 0.717) is 24.6 Å². The molecule has 1 aromatic rings. The normalized spacial score (nSPS) is 35.8. The van der Waals surface area contributed by atoms with E-state index in [1.54, 1.807) is 37.3 Å². The second kappa shape index (κ2) is 5.89. The quantitative estimate of drug-likeness (QED) is 0.550. The molecule has 0 bridgehead atoms. The first kappa shape index (κ1) is 18.2. The Kier molecular flexibility index (Phi) is 4.11. The lowest BCUT2D eigenvalue weighted by Crippen LogP contribution is -2.54. The average Bonchev–Trinajstić information content (AvgIpc) is 3.02. The minimum absolute atomic E-state index is 0.168. The molecule has 1 aliphatic heterocycles. The van der Waals surface area contributed by atoms with E-state index < -0.39 is 33.2 Å². The summed E-state index contributed by atoms with van der Waals surface area (Å²) in [7, 11) is -3.77. The highest BCUT2D eigenvalue weighted by atomic mass is 79.9. The monoisotopic (exact) mass is 441 g/mol. The van der Waals surface area contributed by atoms with Crippen molar-refractivity contribution in [3.05, 3.63) is 41.5 Å². The first-order valence-corrected chi connectivity index (χ1v) is 11.1. The highest BCUT2D eigenvalue weighted by molar-refractivity contribution is 9.08. The first-order valence-electron chi connectivity index (χ1n) is 8.53. The van der Waals surface area contributed by atoms with Gasteiger partial charge in [0.05, 0.1) is 10.5 Å². The number of halogens is 1.